The second-order valence-corrected chi connectivity index (χ2v) is 2.24. The first-order chi connectivity index (χ1) is 4.35. The van der Waals surface area contributed by atoms with Gasteiger partial charge in [0, 0.05) is 6.54 Å². The zero-order valence-electron chi connectivity index (χ0n) is 6.61. The molecule has 0 saturated carbocycles. The molecular weight excluding hydrogens is 114 g/mol. The Hall–Kier alpha value is -0.0800. The van der Waals surface area contributed by atoms with Crippen molar-refractivity contribution in [1.82, 2.24) is 5.48 Å². The minimum atomic E-state index is 0.768. The minimum Gasteiger partial charge on any atom is -0.305 e. The summed E-state index contributed by atoms with van der Waals surface area (Å²) in [6.45, 7) is 5.38. The van der Waals surface area contributed by atoms with Crippen LogP contribution in [-0.2, 0) is 4.84 Å². The van der Waals surface area contributed by atoms with Gasteiger partial charge in [-0.1, -0.05) is 26.7 Å². The summed E-state index contributed by atoms with van der Waals surface area (Å²) in [6.07, 6.45) is 2.46. The zero-order valence-corrected chi connectivity index (χ0v) is 6.61. The van der Waals surface area contributed by atoms with Crippen LogP contribution in [0.1, 0.15) is 26.7 Å². The first kappa shape index (κ1) is 8.92. The predicted octanol–water partition coefficient (Wildman–Crippen LogP) is 1.57. The van der Waals surface area contributed by atoms with Gasteiger partial charge < -0.3 is 4.84 Å². The molecule has 0 spiro atoms. The van der Waals surface area contributed by atoms with Gasteiger partial charge in [0.15, 0.2) is 0 Å². The van der Waals surface area contributed by atoms with E-state index >= 15 is 0 Å². The Balaban J connectivity index is 3.09. The number of hydroxylamine groups is 1. The van der Waals surface area contributed by atoms with E-state index in [1.54, 1.807) is 7.11 Å². The summed E-state index contributed by atoms with van der Waals surface area (Å²) in [5, 5.41) is 0. The quantitative estimate of drug-likeness (QED) is 0.572. The normalized spacial score (nSPS) is 10.7. The van der Waals surface area contributed by atoms with Crippen LogP contribution in [0.5, 0.6) is 0 Å². The Kier molecular flexibility index (Phi) is 5.99. The fourth-order valence-corrected chi connectivity index (χ4v) is 0.779. The highest BCUT2D eigenvalue weighted by atomic mass is 16.6. The molecule has 0 fully saturated rings. The van der Waals surface area contributed by atoms with Crippen molar-refractivity contribution in [3.05, 3.63) is 0 Å². The summed E-state index contributed by atoms with van der Waals surface area (Å²) in [5.41, 5.74) is 2.85. The highest BCUT2D eigenvalue weighted by Crippen LogP contribution is 2.04. The lowest BCUT2D eigenvalue weighted by Gasteiger charge is -2.10. The lowest BCUT2D eigenvalue weighted by atomic mass is 10.0. The van der Waals surface area contributed by atoms with E-state index in [1.807, 2.05) is 0 Å². The maximum atomic E-state index is 4.73. The fraction of sp³-hybridized carbons (Fsp3) is 1.00. The number of hydrogen-bond acceptors (Lipinski definition) is 2. The summed E-state index contributed by atoms with van der Waals surface area (Å²) < 4.78 is 0. The number of hydrogen-bond donors (Lipinski definition) is 1. The van der Waals surface area contributed by atoms with E-state index in [1.165, 1.54) is 12.8 Å². The first-order valence-corrected chi connectivity index (χ1v) is 3.60. The van der Waals surface area contributed by atoms with Crippen molar-refractivity contribution in [3.8, 4) is 0 Å². The molecule has 0 aromatic carbocycles. The lowest BCUT2D eigenvalue weighted by Crippen LogP contribution is -2.20. The maximum Gasteiger partial charge on any atom is 0.0572 e. The van der Waals surface area contributed by atoms with Crippen molar-refractivity contribution >= 4 is 0 Å². The highest BCUT2D eigenvalue weighted by molar-refractivity contribution is 4.53. The van der Waals surface area contributed by atoms with Crippen LogP contribution in [0.25, 0.3) is 0 Å². The molecule has 0 bridgehead atoms. The number of rotatable bonds is 5. The van der Waals surface area contributed by atoms with E-state index in [4.69, 9.17) is 4.84 Å². The number of nitrogens with one attached hydrogen (secondary N) is 1. The van der Waals surface area contributed by atoms with Crippen molar-refractivity contribution in [2.45, 2.75) is 26.7 Å². The van der Waals surface area contributed by atoms with E-state index in [2.05, 4.69) is 19.3 Å². The average molecular weight is 131 g/mol. The second kappa shape index (κ2) is 6.05. The molecule has 2 nitrogen and oxygen atoms in total. The summed E-state index contributed by atoms with van der Waals surface area (Å²) in [5.74, 6) is 0.768. The summed E-state index contributed by atoms with van der Waals surface area (Å²) >= 11 is 0. The monoisotopic (exact) mass is 131 g/mol. The Morgan fingerprint density at radius 2 is 1.89 bits per heavy atom. The molecule has 0 amide bonds. The van der Waals surface area contributed by atoms with Crippen molar-refractivity contribution < 1.29 is 4.84 Å². The van der Waals surface area contributed by atoms with Gasteiger partial charge in [-0.15, -0.1) is 0 Å². The van der Waals surface area contributed by atoms with Gasteiger partial charge >= 0.3 is 0 Å². The minimum absolute atomic E-state index is 0.768. The second-order valence-electron chi connectivity index (χ2n) is 2.24. The Morgan fingerprint density at radius 1 is 1.33 bits per heavy atom. The molecule has 2 heteroatoms. The van der Waals surface area contributed by atoms with Gasteiger partial charge in [0.25, 0.3) is 0 Å². The predicted molar refractivity (Wildman–Crippen MR) is 39.1 cm³/mol. The van der Waals surface area contributed by atoms with Crippen molar-refractivity contribution in [2.75, 3.05) is 13.7 Å². The third-order valence-electron chi connectivity index (χ3n) is 1.67. The first-order valence-electron chi connectivity index (χ1n) is 3.60. The van der Waals surface area contributed by atoms with Crippen LogP contribution in [0.2, 0.25) is 0 Å². The van der Waals surface area contributed by atoms with Crippen LogP contribution in [0, 0.1) is 5.92 Å². The molecule has 0 unspecified atom stereocenters. The lowest BCUT2D eigenvalue weighted by molar-refractivity contribution is 0.0787. The standard InChI is InChI=1S/C7H17NO/c1-4-7(5-2)6-8-9-3/h7-8H,4-6H2,1-3H3. The van der Waals surface area contributed by atoms with Crippen LogP contribution in [0.4, 0.5) is 0 Å². The van der Waals surface area contributed by atoms with E-state index in [0.717, 1.165) is 12.5 Å². The van der Waals surface area contributed by atoms with Gasteiger partial charge in [0.1, 0.15) is 0 Å². The molecule has 0 aliphatic rings. The van der Waals surface area contributed by atoms with E-state index in [-0.39, 0.29) is 0 Å². The third kappa shape index (κ3) is 4.43. The molecule has 0 aliphatic heterocycles. The summed E-state index contributed by atoms with van der Waals surface area (Å²) in [4.78, 5) is 4.73. The molecule has 0 saturated heterocycles. The van der Waals surface area contributed by atoms with E-state index in [0.29, 0.717) is 0 Å². The third-order valence-corrected chi connectivity index (χ3v) is 1.67. The Labute approximate surface area is 57.5 Å². The van der Waals surface area contributed by atoms with Crippen LogP contribution >= 0.6 is 0 Å². The molecule has 56 valence electrons. The molecule has 0 heterocycles. The van der Waals surface area contributed by atoms with Crippen molar-refractivity contribution in [2.24, 2.45) is 5.92 Å². The fourth-order valence-electron chi connectivity index (χ4n) is 0.779. The average Bonchev–Trinajstić information content (AvgIpc) is 1.91. The highest BCUT2D eigenvalue weighted by Gasteiger charge is 2.00. The van der Waals surface area contributed by atoms with Crippen LogP contribution in [0.15, 0.2) is 0 Å². The Bertz CT molecular complexity index is 52.9. The van der Waals surface area contributed by atoms with Crippen LogP contribution < -0.4 is 5.48 Å². The molecular formula is C7H17NO. The van der Waals surface area contributed by atoms with Gasteiger partial charge in [0.05, 0.1) is 7.11 Å². The molecule has 0 atom stereocenters. The van der Waals surface area contributed by atoms with Crippen molar-refractivity contribution in [1.29, 1.82) is 0 Å². The van der Waals surface area contributed by atoms with Gasteiger partial charge in [-0.25, -0.2) is 5.48 Å². The van der Waals surface area contributed by atoms with Crippen LogP contribution in [-0.4, -0.2) is 13.7 Å². The van der Waals surface area contributed by atoms with Gasteiger partial charge in [-0.2, -0.15) is 0 Å². The molecule has 9 heavy (non-hydrogen) atoms. The zero-order chi connectivity index (χ0) is 7.11. The maximum absolute atomic E-state index is 4.73. The SMILES string of the molecule is CCC(CC)CNOC. The van der Waals surface area contributed by atoms with Crippen molar-refractivity contribution in [3.63, 3.8) is 0 Å². The van der Waals surface area contributed by atoms with E-state index < -0.39 is 0 Å². The van der Waals surface area contributed by atoms with Crippen LogP contribution in [0.3, 0.4) is 0 Å². The topological polar surface area (TPSA) is 21.3 Å². The van der Waals surface area contributed by atoms with E-state index in [9.17, 15) is 0 Å². The molecule has 0 rings (SSSR count). The smallest absolute Gasteiger partial charge is 0.0572 e. The molecule has 0 aromatic rings. The van der Waals surface area contributed by atoms with Gasteiger partial charge in [-0.3, -0.25) is 0 Å². The molecule has 0 radical (unpaired) electrons. The van der Waals surface area contributed by atoms with Gasteiger partial charge in [0.2, 0.25) is 0 Å². The summed E-state index contributed by atoms with van der Waals surface area (Å²) in [6, 6.07) is 0. The summed E-state index contributed by atoms with van der Waals surface area (Å²) in [7, 11) is 1.66. The molecule has 0 aromatic heterocycles. The Morgan fingerprint density at radius 3 is 2.22 bits per heavy atom. The largest absolute Gasteiger partial charge is 0.305 e. The molecule has 1 N–H and O–H groups in total. The molecule has 0 aliphatic carbocycles. The van der Waals surface area contributed by atoms with Gasteiger partial charge in [-0.05, 0) is 5.92 Å².